The summed E-state index contributed by atoms with van der Waals surface area (Å²) in [5.74, 6) is 0.450. The number of fused-ring (bicyclic) bond motifs is 1. The highest BCUT2D eigenvalue weighted by Crippen LogP contribution is 2.31. The van der Waals surface area contributed by atoms with Gasteiger partial charge in [-0.05, 0) is 37.5 Å². The molecule has 0 saturated carbocycles. The van der Waals surface area contributed by atoms with E-state index in [0.717, 1.165) is 53.8 Å². The molecule has 1 fully saturated rings. The number of morpholine rings is 1. The van der Waals surface area contributed by atoms with Crippen LogP contribution in [0.2, 0.25) is 0 Å². The van der Waals surface area contributed by atoms with Gasteiger partial charge in [0.05, 0.1) is 23.4 Å². The number of thiazole rings is 1. The molecule has 0 aliphatic carbocycles. The molecular formula is C19H27N3O3S. The molecule has 142 valence electrons. The molecule has 1 unspecified atom stereocenters. The van der Waals surface area contributed by atoms with Crippen molar-refractivity contribution in [3.63, 3.8) is 0 Å². The number of amides is 1. The lowest BCUT2D eigenvalue weighted by Crippen LogP contribution is -2.36. The Bertz CT molecular complexity index is 741. The van der Waals surface area contributed by atoms with Crippen molar-refractivity contribution in [2.45, 2.75) is 33.3 Å². The van der Waals surface area contributed by atoms with Crippen LogP contribution in [0.25, 0.3) is 10.2 Å². The Morgan fingerprint density at radius 1 is 1.35 bits per heavy atom. The first-order valence-electron chi connectivity index (χ1n) is 9.18. The van der Waals surface area contributed by atoms with Gasteiger partial charge in [0.25, 0.3) is 5.91 Å². The predicted octanol–water partition coefficient (Wildman–Crippen LogP) is 3.52. The van der Waals surface area contributed by atoms with Crippen molar-refractivity contribution in [3.8, 4) is 0 Å². The van der Waals surface area contributed by atoms with Crippen LogP contribution in [-0.2, 0) is 14.3 Å². The Kier molecular flexibility index (Phi) is 6.45. The maximum atomic E-state index is 12.3. The van der Waals surface area contributed by atoms with Crippen molar-refractivity contribution >= 4 is 38.3 Å². The molecule has 1 saturated heterocycles. The Balaban J connectivity index is 1.62. The van der Waals surface area contributed by atoms with Crippen LogP contribution in [0.5, 0.6) is 0 Å². The molecule has 7 heteroatoms. The number of nitrogens with zero attached hydrogens (tertiary/aromatic N) is 2. The van der Waals surface area contributed by atoms with E-state index in [1.54, 1.807) is 18.3 Å². The molecule has 0 bridgehead atoms. The van der Waals surface area contributed by atoms with E-state index in [0.29, 0.717) is 12.5 Å². The second kappa shape index (κ2) is 8.79. The van der Waals surface area contributed by atoms with Gasteiger partial charge in [0.1, 0.15) is 6.10 Å². The molecule has 0 radical (unpaired) electrons. The van der Waals surface area contributed by atoms with Crippen LogP contribution in [0.15, 0.2) is 18.2 Å². The molecule has 1 aromatic heterocycles. The van der Waals surface area contributed by atoms with Gasteiger partial charge in [-0.15, -0.1) is 0 Å². The highest BCUT2D eigenvalue weighted by Gasteiger charge is 2.17. The van der Waals surface area contributed by atoms with E-state index in [9.17, 15) is 4.79 Å². The maximum absolute atomic E-state index is 12.3. The number of anilines is 2. The van der Waals surface area contributed by atoms with E-state index < -0.39 is 6.10 Å². The summed E-state index contributed by atoms with van der Waals surface area (Å²) >= 11 is 1.65. The SMILES string of the molecule is CC(C)CCOC(C)C(=O)Nc1ccc2nc(N3CCOCC3)sc2c1. The first-order chi connectivity index (χ1) is 12.5. The van der Waals surface area contributed by atoms with Crippen LogP contribution in [0, 0.1) is 5.92 Å². The summed E-state index contributed by atoms with van der Waals surface area (Å²) in [6.07, 6.45) is 0.490. The molecule has 3 rings (SSSR count). The predicted molar refractivity (Wildman–Crippen MR) is 106 cm³/mol. The quantitative estimate of drug-likeness (QED) is 0.800. The molecule has 2 heterocycles. The summed E-state index contributed by atoms with van der Waals surface area (Å²) in [5.41, 5.74) is 1.73. The first kappa shape index (κ1) is 19.1. The normalized spacial score (nSPS) is 16.2. The Hall–Kier alpha value is -1.70. The van der Waals surface area contributed by atoms with E-state index in [4.69, 9.17) is 14.5 Å². The lowest BCUT2D eigenvalue weighted by atomic mass is 10.1. The summed E-state index contributed by atoms with van der Waals surface area (Å²) in [5, 5.41) is 3.95. The number of carbonyl (C=O) groups is 1. The van der Waals surface area contributed by atoms with Gasteiger partial charge in [-0.25, -0.2) is 4.98 Å². The highest BCUT2D eigenvalue weighted by molar-refractivity contribution is 7.22. The average Bonchev–Trinajstić information content (AvgIpc) is 3.05. The summed E-state index contributed by atoms with van der Waals surface area (Å²) in [6.45, 7) is 9.90. The van der Waals surface area contributed by atoms with Gasteiger partial charge >= 0.3 is 0 Å². The van der Waals surface area contributed by atoms with Gasteiger partial charge < -0.3 is 19.7 Å². The maximum Gasteiger partial charge on any atom is 0.253 e. The minimum Gasteiger partial charge on any atom is -0.378 e. The third-order valence-corrected chi connectivity index (χ3v) is 5.44. The molecule has 2 aromatic rings. The lowest BCUT2D eigenvalue weighted by Gasteiger charge is -2.25. The van der Waals surface area contributed by atoms with Crippen molar-refractivity contribution in [1.82, 2.24) is 4.98 Å². The van der Waals surface area contributed by atoms with Crippen LogP contribution in [0.4, 0.5) is 10.8 Å². The van der Waals surface area contributed by atoms with E-state index in [2.05, 4.69) is 24.1 Å². The number of hydrogen-bond acceptors (Lipinski definition) is 6. The van der Waals surface area contributed by atoms with Gasteiger partial charge in [-0.2, -0.15) is 0 Å². The number of benzene rings is 1. The van der Waals surface area contributed by atoms with Crippen LogP contribution < -0.4 is 10.2 Å². The summed E-state index contributed by atoms with van der Waals surface area (Å²) in [7, 11) is 0. The lowest BCUT2D eigenvalue weighted by molar-refractivity contribution is -0.126. The molecule has 1 aliphatic heterocycles. The number of hydrogen-bond donors (Lipinski definition) is 1. The second-order valence-corrected chi connectivity index (χ2v) is 7.97. The van der Waals surface area contributed by atoms with E-state index in [1.165, 1.54) is 0 Å². The zero-order valence-electron chi connectivity index (χ0n) is 15.7. The van der Waals surface area contributed by atoms with Crippen molar-refractivity contribution < 1.29 is 14.3 Å². The minimum atomic E-state index is -0.463. The fourth-order valence-corrected chi connectivity index (χ4v) is 3.74. The Morgan fingerprint density at radius 3 is 2.85 bits per heavy atom. The van der Waals surface area contributed by atoms with E-state index >= 15 is 0 Å². The molecule has 6 nitrogen and oxygen atoms in total. The summed E-state index contributed by atoms with van der Waals surface area (Å²) in [4.78, 5) is 19.3. The molecule has 1 aliphatic rings. The first-order valence-corrected chi connectivity index (χ1v) is 10.0. The molecule has 1 N–H and O–H groups in total. The molecule has 1 atom stereocenters. The van der Waals surface area contributed by atoms with Crippen LogP contribution in [-0.4, -0.2) is 49.9 Å². The smallest absolute Gasteiger partial charge is 0.253 e. The zero-order valence-corrected chi connectivity index (χ0v) is 16.5. The van der Waals surface area contributed by atoms with Gasteiger partial charge in [0, 0.05) is 25.4 Å². The van der Waals surface area contributed by atoms with Gasteiger partial charge in [0.15, 0.2) is 5.13 Å². The molecule has 26 heavy (non-hydrogen) atoms. The summed E-state index contributed by atoms with van der Waals surface area (Å²) < 4.78 is 12.1. The van der Waals surface area contributed by atoms with Gasteiger partial charge in [-0.3, -0.25) is 4.79 Å². The molecule has 0 spiro atoms. The number of aromatic nitrogens is 1. The zero-order chi connectivity index (χ0) is 18.5. The topological polar surface area (TPSA) is 63.7 Å². The van der Waals surface area contributed by atoms with Crippen molar-refractivity contribution in [1.29, 1.82) is 0 Å². The standard InChI is InChI=1S/C19H27N3O3S/c1-13(2)6-9-25-14(3)18(23)20-15-4-5-16-17(12-15)26-19(21-16)22-7-10-24-11-8-22/h4-5,12-14H,6-11H2,1-3H3,(H,20,23). The fourth-order valence-electron chi connectivity index (χ4n) is 2.68. The van der Waals surface area contributed by atoms with Crippen molar-refractivity contribution in [3.05, 3.63) is 18.2 Å². The third-order valence-electron chi connectivity index (χ3n) is 4.36. The number of ether oxygens (including phenoxy) is 2. The van der Waals surface area contributed by atoms with E-state index in [1.807, 2.05) is 18.2 Å². The van der Waals surface area contributed by atoms with Gasteiger partial charge in [-0.1, -0.05) is 25.2 Å². The molecule has 1 aromatic carbocycles. The highest BCUT2D eigenvalue weighted by atomic mass is 32.1. The molecular weight excluding hydrogens is 350 g/mol. The fraction of sp³-hybridized carbons (Fsp3) is 0.579. The van der Waals surface area contributed by atoms with Crippen molar-refractivity contribution in [2.75, 3.05) is 43.1 Å². The monoisotopic (exact) mass is 377 g/mol. The largest absolute Gasteiger partial charge is 0.378 e. The molecule has 1 amide bonds. The summed E-state index contributed by atoms with van der Waals surface area (Å²) in [6, 6.07) is 5.83. The Morgan fingerprint density at radius 2 is 2.12 bits per heavy atom. The van der Waals surface area contributed by atoms with Crippen LogP contribution in [0.1, 0.15) is 27.2 Å². The third kappa shape index (κ3) is 4.93. The second-order valence-electron chi connectivity index (χ2n) is 6.96. The van der Waals surface area contributed by atoms with Crippen molar-refractivity contribution in [2.24, 2.45) is 5.92 Å². The van der Waals surface area contributed by atoms with E-state index in [-0.39, 0.29) is 5.91 Å². The van der Waals surface area contributed by atoms with Gasteiger partial charge in [0.2, 0.25) is 0 Å². The number of carbonyl (C=O) groups excluding carboxylic acids is 1. The number of nitrogens with one attached hydrogen (secondary N) is 1. The van der Waals surface area contributed by atoms with Crippen LogP contribution >= 0.6 is 11.3 Å². The average molecular weight is 378 g/mol. The van der Waals surface area contributed by atoms with Crippen LogP contribution in [0.3, 0.4) is 0 Å². The Labute approximate surface area is 158 Å². The minimum absolute atomic E-state index is 0.119. The number of rotatable bonds is 7.